The van der Waals surface area contributed by atoms with Crippen molar-refractivity contribution in [3.63, 3.8) is 0 Å². The van der Waals surface area contributed by atoms with Crippen LogP contribution >= 0.6 is 22.9 Å². The van der Waals surface area contributed by atoms with Crippen LogP contribution in [0.3, 0.4) is 0 Å². The number of halogens is 1. The highest BCUT2D eigenvalue weighted by Crippen LogP contribution is 2.26. The van der Waals surface area contributed by atoms with Crippen LogP contribution in [0, 0.1) is 5.92 Å². The molecule has 0 bridgehead atoms. The third-order valence-electron chi connectivity index (χ3n) is 2.81. The molecule has 15 heavy (non-hydrogen) atoms. The minimum Gasteiger partial charge on any atom is -0.149 e. The first-order valence-corrected chi connectivity index (χ1v) is 7.26. The van der Waals surface area contributed by atoms with Gasteiger partial charge in [0.05, 0.1) is 0 Å². The largest absolute Gasteiger partial charge is 0.149 e. The fraction of sp³-hybridized carbons (Fsp3) is 0.692. The first-order valence-electron chi connectivity index (χ1n) is 5.94. The monoisotopic (exact) mass is 244 g/mol. The van der Waals surface area contributed by atoms with Crippen LogP contribution in [0.15, 0.2) is 17.5 Å². The van der Waals surface area contributed by atoms with Gasteiger partial charge in [0.2, 0.25) is 0 Å². The van der Waals surface area contributed by atoms with Crippen molar-refractivity contribution in [2.45, 2.75) is 51.3 Å². The molecule has 0 saturated heterocycles. The van der Waals surface area contributed by atoms with Gasteiger partial charge in [-0.15, -0.1) is 22.9 Å². The Morgan fingerprint density at radius 1 is 1.27 bits per heavy atom. The van der Waals surface area contributed by atoms with Crippen LogP contribution in [0.1, 0.15) is 44.4 Å². The van der Waals surface area contributed by atoms with Crippen molar-refractivity contribution >= 4 is 22.9 Å². The maximum Gasteiger partial charge on any atom is 0.0412 e. The molecule has 1 aromatic rings. The Labute approximate surface area is 103 Å². The van der Waals surface area contributed by atoms with E-state index >= 15 is 0 Å². The molecule has 0 radical (unpaired) electrons. The summed E-state index contributed by atoms with van der Waals surface area (Å²) >= 11 is 8.32. The molecule has 0 saturated carbocycles. The zero-order chi connectivity index (χ0) is 11.1. The van der Waals surface area contributed by atoms with Crippen molar-refractivity contribution in [3.05, 3.63) is 22.4 Å². The standard InChI is InChI=1S/C13H21ClS/c1-3-6-11(7-4-2)13(14)10-12-8-5-9-15-12/h5,8-9,11,13H,3-4,6-7,10H2,1-2H3. The first-order chi connectivity index (χ1) is 7.27. The molecular formula is C13H21ClS. The molecule has 0 aliphatic heterocycles. The van der Waals surface area contributed by atoms with E-state index in [9.17, 15) is 0 Å². The molecule has 0 spiro atoms. The normalized spacial score (nSPS) is 13.3. The fourth-order valence-electron chi connectivity index (χ4n) is 2.04. The van der Waals surface area contributed by atoms with E-state index in [1.54, 1.807) is 0 Å². The van der Waals surface area contributed by atoms with Crippen LogP contribution in [-0.2, 0) is 6.42 Å². The molecule has 0 aliphatic carbocycles. The van der Waals surface area contributed by atoms with E-state index in [4.69, 9.17) is 11.6 Å². The van der Waals surface area contributed by atoms with Gasteiger partial charge in [-0.25, -0.2) is 0 Å². The number of hydrogen-bond acceptors (Lipinski definition) is 1. The van der Waals surface area contributed by atoms with E-state index in [1.165, 1.54) is 30.6 Å². The highest BCUT2D eigenvalue weighted by atomic mass is 35.5. The number of rotatable bonds is 7. The van der Waals surface area contributed by atoms with E-state index in [0.29, 0.717) is 11.3 Å². The van der Waals surface area contributed by atoms with Gasteiger partial charge in [0.15, 0.2) is 0 Å². The molecule has 0 aliphatic rings. The van der Waals surface area contributed by atoms with Crippen molar-refractivity contribution in [2.75, 3.05) is 0 Å². The molecule has 0 fully saturated rings. The molecule has 0 aromatic carbocycles. The Balaban J connectivity index is 2.44. The minimum atomic E-state index is 0.323. The Bertz CT molecular complexity index is 237. The average Bonchev–Trinajstić information content (AvgIpc) is 2.70. The lowest BCUT2D eigenvalue weighted by atomic mass is 9.92. The maximum atomic E-state index is 6.50. The number of alkyl halides is 1. The molecule has 1 rings (SSSR count). The molecule has 2 heteroatoms. The van der Waals surface area contributed by atoms with E-state index in [-0.39, 0.29) is 0 Å². The van der Waals surface area contributed by atoms with Gasteiger partial charge in [0, 0.05) is 10.3 Å². The van der Waals surface area contributed by atoms with Crippen LogP contribution < -0.4 is 0 Å². The quantitative estimate of drug-likeness (QED) is 0.585. The fourth-order valence-corrected chi connectivity index (χ4v) is 3.31. The average molecular weight is 245 g/mol. The summed E-state index contributed by atoms with van der Waals surface area (Å²) in [4.78, 5) is 1.42. The van der Waals surface area contributed by atoms with Crippen molar-refractivity contribution in [1.82, 2.24) is 0 Å². The predicted octanol–water partition coefficient (Wildman–Crippen LogP) is 5.11. The molecule has 1 aromatic heterocycles. The van der Waals surface area contributed by atoms with Crippen LogP contribution in [0.25, 0.3) is 0 Å². The number of thiophene rings is 1. The Kier molecular flexibility index (Phi) is 6.35. The van der Waals surface area contributed by atoms with Crippen LogP contribution in [-0.4, -0.2) is 5.38 Å². The lowest BCUT2D eigenvalue weighted by Crippen LogP contribution is -2.17. The molecular weight excluding hydrogens is 224 g/mol. The van der Waals surface area contributed by atoms with E-state index in [2.05, 4.69) is 31.4 Å². The first kappa shape index (κ1) is 13.1. The summed E-state index contributed by atoms with van der Waals surface area (Å²) in [6, 6.07) is 4.30. The third kappa shape index (κ3) is 4.56. The second kappa shape index (κ2) is 7.29. The Morgan fingerprint density at radius 2 is 1.93 bits per heavy atom. The lowest BCUT2D eigenvalue weighted by molar-refractivity contribution is 0.419. The van der Waals surface area contributed by atoms with Crippen molar-refractivity contribution in [2.24, 2.45) is 5.92 Å². The van der Waals surface area contributed by atoms with E-state index < -0.39 is 0 Å². The topological polar surface area (TPSA) is 0 Å². The summed E-state index contributed by atoms with van der Waals surface area (Å²) in [6.45, 7) is 4.49. The van der Waals surface area contributed by atoms with Crippen LogP contribution in [0.2, 0.25) is 0 Å². The predicted molar refractivity (Wildman–Crippen MR) is 71.0 cm³/mol. The van der Waals surface area contributed by atoms with Gasteiger partial charge in [-0.2, -0.15) is 0 Å². The molecule has 0 N–H and O–H groups in total. The Hall–Kier alpha value is -0.0100. The second-order valence-electron chi connectivity index (χ2n) is 4.14. The third-order valence-corrected chi connectivity index (χ3v) is 4.22. The molecule has 1 atom stereocenters. The molecule has 86 valence electrons. The molecule has 1 unspecified atom stereocenters. The lowest BCUT2D eigenvalue weighted by Gasteiger charge is -2.20. The van der Waals surface area contributed by atoms with Gasteiger partial charge >= 0.3 is 0 Å². The maximum absolute atomic E-state index is 6.50. The highest BCUT2D eigenvalue weighted by Gasteiger charge is 2.18. The van der Waals surface area contributed by atoms with Gasteiger partial charge < -0.3 is 0 Å². The number of hydrogen-bond donors (Lipinski definition) is 0. The summed E-state index contributed by atoms with van der Waals surface area (Å²) < 4.78 is 0. The summed E-state index contributed by atoms with van der Waals surface area (Å²) in [5.74, 6) is 0.698. The summed E-state index contributed by atoms with van der Waals surface area (Å²) in [7, 11) is 0. The zero-order valence-electron chi connectivity index (χ0n) is 9.71. The summed E-state index contributed by atoms with van der Waals surface area (Å²) in [5.41, 5.74) is 0. The van der Waals surface area contributed by atoms with E-state index in [0.717, 1.165) is 6.42 Å². The van der Waals surface area contributed by atoms with Gasteiger partial charge in [0.1, 0.15) is 0 Å². The highest BCUT2D eigenvalue weighted by molar-refractivity contribution is 7.09. The minimum absolute atomic E-state index is 0.323. The SMILES string of the molecule is CCCC(CCC)C(Cl)Cc1cccs1. The zero-order valence-corrected chi connectivity index (χ0v) is 11.3. The van der Waals surface area contributed by atoms with Gasteiger partial charge in [-0.05, 0) is 36.6 Å². The van der Waals surface area contributed by atoms with Crippen molar-refractivity contribution in [3.8, 4) is 0 Å². The van der Waals surface area contributed by atoms with Crippen molar-refractivity contribution < 1.29 is 0 Å². The molecule has 0 amide bonds. The molecule has 1 heterocycles. The van der Waals surface area contributed by atoms with Gasteiger partial charge in [-0.3, -0.25) is 0 Å². The summed E-state index contributed by atoms with van der Waals surface area (Å²) in [6.07, 6.45) is 6.08. The molecule has 0 nitrogen and oxygen atoms in total. The van der Waals surface area contributed by atoms with Crippen molar-refractivity contribution in [1.29, 1.82) is 0 Å². The van der Waals surface area contributed by atoms with Gasteiger partial charge in [0.25, 0.3) is 0 Å². The second-order valence-corrected chi connectivity index (χ2v) is 5.73. The summed E-state index contributed by atoms with van der Waals surface area (Å²) in [5, 5.41) is 2.46. The van der Waals surface area contributed by atoms with Crippen LogP contribution in [0.4, 0.5) is 0 Å². The van der Waals surface area contributed by atoms with E-state index in [1.807, 2.05) is 11.3 Å². The Morgan fingerprint density at radius 3 is 2.40 bits per heavy atom. The van der Waals surface area contributed by atoms with Crippen LogP contribution in [0.5, 0.6) is 0 Å². The smallest absolute Gasteiger partial charge is 0.0412 e. The van der Waals surface area contributed by atoms with Gasteiger partial charge in [-0.1, -0.05) is 32.8 Å².